The molecule has 124 valence electrons. The van der Waals surface area contributed by atoms with Crippen molar-refractivity contribution >= 4 is 37.6 Å². The average Bonchev–Trinajstić information content (AvgIpc) is 2.47. The van der Waals surface area contributed by atoms with E-state index in [9.17, 15) is 8.42 Å². The van der Waals surface area contributed by atoms with Gasteiger partial charge in [0.05, 0.1) is 25.7 Å². The minimum atomic E-state index is -3.66. The number of benzene rings is 2. The van der Waals surface area contributed by atoms with E-state index < -0.39 is 10.0 Å². The summed E-state index contributed by atoms with van der Waals surface area (Å²) in [7, 11) is 0.337. The van der Waals surface area contributed by atoms with Crippen LogP contribution in [0.4, 0.5) is 0 Å². The Morgan fingerprint density at radius 3 is 2.39 bits per heavy atom. The Hall–Kier alpha value is -0.920. The first kappa shape index (κ1) is 18.4. The molecule has 0 heterocycles. The van der Waals surface area contributed by atoms with E-state index >= 15 is 0 Å². The van der Waals surface area contributed by atoms with E-state index in [-0.39, 0.29) is 16.0 Å². The first-order valence-corrected chi connectivity index (χ1v) is 9.76. The highest BCUT2D eigenvalue weighted by molar-refractivity contribution is 9.10. The SMILES string of the molecule is C[NH+](C)[C@@H](CNS(=O)(=O)c1ccc(Br)cc1Cl)c1ccccc1. The molecule has 0 aliphatic carbocycles. The molecule has 0 aliphatic rings. The van der Waals surface area contributed by atoms with Gasteiger partial charge in [-0.25, -0.2) is 13.1 Å². The first-order chi connectivity index (χ1) is 10.8. The van der Waals surface area contributed by atoms with Gasteiger partial charge in [-0.15, -0.1) is 0 Å². The lowest BCUT2D eigenvalue weighted by atomic mass is 10.1. The van der Waals surface area contributed by atoms with Crippen LogP contribution in [0.1, 0.15) is 11.6 Å². The van der Waals surface area contributed by atoms with Crippen LogP contribution in [0.3, 0.4) is 0 Å². The van der Waals surface area contributed by atoms with E-state index in [2.05, 4.69) is 20.7 Å². The van der Waals surface area contributed by atoms with Gasteiger partial charge in [0.1, 0.15) is 10.9 Å². The van der Waals surface area contributed by atoms with Crippen molar-refractivity contribution in [3.05, 3.63) is 63.6 Å². The van der Waals surface area contributed by atoms with Gasteiger partial charge in [0.15, 0.2) is 0 Å². The second kappa shape index (κ2) is 7.77. The lowest BCUT2D eigenvalue weighted by molar-refractivity contribution is -0.890. The third-order valence-corrected chi connectivity index (χ3v) is 5.96. The third kappa shape index (κ3) is 4.78. The molecule has 0 bridgehead atoms. The molecule has 2 N–H and O–H groups in total. The van der Waals surface area contributed by atoms with Crippen LogP contribution in [0.15, 0.2) is 57.9 Å². The van der Waals surface area contributed by atoms with Crippen molar-refractivity contribution in [1.82, 2.24) is 4.72 Å². The van der Waals surface area contributed by atoms with Crippen molar-refractivity contribution in [2.45, 2.75) is 10.9 Å². The van der Waals surface area contributed by atoms with Gasteiger partial charge in [0.25, 0.3) is 0 Å². The zero-order valence-corrected chi connectivity index (χ0v) is 16.0. The van der Waals surface area contributed by atoms with E-state index in [0.717, 1.165) is 14.9 Å². The summed E-state index contributed by atoms with van der Waals surface area (Å²) >= 11 is 9.33. The maximum atomic E-state index is 12.5. The van der Waals surface area contributed by atoms with Crippen LogP contribution in [-0.2, 0) is 10.0 Å². The average molecular weight is 419 g/mol. The minimum absolute atomic E-state index is 0.0141. The third-order valence-electron chi connectivity index (χ3n) is 3.56. The highest BCUT2D eigenvalue weighted by Crippen LogP contribution is 2.25. The fourth-order valence-corrected chi connectivity index (χ4v) is 4.39. The zero-order chi connectivity index (χ0) is 17.0. The van der Waals surface area contributed by atoms with Crippen LogP contribution >= 0.6 is 27.5 Å². The standard InChI is InChI=1S/C16H18BrClN2O2S/c1-20(2)15(12-6-4-3-5-7-12)11-19-23(21,22)16-9-8-13(17)10-14(16)18/h3-10,15,19H,11H2,1-2H3/p+1/t15-/m0/s1. The maximum Gasteiger partial charge on any atom is 0.242 e. The normalized spacial score (nSPS) is 13.3. The molecule has 0 saturated carbocycles. The first-order valence-electron chi connectivity index (χ1n) is 7.11. The fourth-order valence-electron chi connectivity index (χ4n) is 2.30. The largest absolute Gasteiger partial charge is 0.333 e. The lowest BCUT2D eigenvalue weighted by Crippen LogP contribution is -3.07. The van der Waals surface area contributed by atoms with Crippen molar-refractivity contribution in [3.8, 4) is 0 Å². The molecule has 0 spiro atoms. The Balaban J connectivity index is 2.20. The van der Waals surface area contributed by atoms with E-state index in [1.807, 2.05) is 44.4 Å². The molecule has 0 saturated heterocycles. The van der Waals surface area contributed by atoms with Gasteiger partial charge in [-0.05, 0) is 18.2 Å². The quantitative estimate of drug-likeness (QED) is 0.756. The molecule has 2 rings (SSSR count). The Morgan fingerprint density at radius 2 is 1.83 bits per heavy atom. The zero-order valence-electron chi connectivity index (χ0n) is 12.9. The van der Waals surface area contributed by atoms with Gasteiger partial charge < -0.3 is 4.90 Å². The van der Waals surface area contributed by atoms with Crippen molar-refractivity contribution in [1.29, 1.82) is 0 Å². The highest BCUT2D eigenvalue weighted by atomic mass is 79.9. The second-order valence-electron chi connectivity index (χ2n) is 5.47. The molecular weight excluding hydrogens is 400 g/mol. The van der Waals surface area contributed by atoms with E-state index in [4.69, 9.17) is 11.6 Å². The number of sulfonamides is 1. The summed E-state index contributed by atoms with van der Waals surface area (Å²) in [6.45, 7) is 0.293. The second-order valence-corrected chi connectivity index (χ2v) is 8.53. The summed E-state index contributed by atoms with van der Waals surface area (Å²) in [5.41, 5.74) is 1.08. The van der Waals surface area contributed by atoms with Crippen molar-refractivity contribution in [2.24, 2.45) is 0 Å². The minimum Gasteiger partial charge on any atom is -0.333 e. The molecule has 7 heteroatoms. The molecule has 0 fully saturated rings. The van der Waals surface area contributed by atoms with Crippen LogP contribution in [0.5, 0.6) is 0 Å². The number of halogens is 2. The highest BCUT2D eigenvalue weighted by Gasteiger charge is 2.23. The van der Waals surface area contributed by atoms with Crippen LogP contribution in [-0.4, -0.2) is 29.1 Å². The summed E-state index contributed by atoms with van der Waals surface area (Å²) < 4.78 is 28.4. The van der Waals surface area contributed by atoms with E-state index in [1.54, 1.807) is 12.1 Å². The van der Waals surface area contributed by atoms with Crippen LogP contribution in [0.25, 0.3) is 0 Å². The summed E-state index contributed by atoms with van der Waals surface area (Å²) in [5, 5.41) is 0.195. The molecule has 2 aromatic rings. The predicted molar refractivity (Wildman–Crippen MR) is 96.3 cm³/mol. The van der Waals surface area contributed by atoms with Crippen molar-refractivity contribution in [2.75, 3.05) is 20.6 Å². The number of hydrogen-bond donors (Lipinski definition) is 2. The number of hydrogen-bond acceptors (Lipinski definition) is 2. The molecule has 0 amide bonds. The fraction of sp³-hybridized carbons (Fsp3) is 0.250. The topological polar surface area (TPSA) is 50.6 Å². The molecule has 1 atom stereocenters. The van der Waals surface area contributed by atoms with Crippen LogP contribution in [0.2, 0.25) is 5.02 Å². The molecule has 4 nitrogen and oxygen atoms in total. The van der Waals surface area contributed by atoms with E-state index in [0.29, 0.717) is 6.54 Å². The van der Waals surface area contributed by atoms with Crippen LogP contribution < -0.4 is 9.62 Å². The number of likely N-dealkylation sites (N-methyl/N-ethyl adjacent to an activating group) is 1. The van der Waals surface area contributed by atoms with Gasteiger partial charge in [0, 0.05) is 10.0 Å². The number of quaternary nitrogens is 1. The summed E-state index contributed by atoms with van der Waals surface area (Å²) in [4.78, 5) is 1.23. The molecule has 23 heavy (non-hydrogen) atoms. The predicted octanol–water partition coefficient (Wildman–Crippen LogP) is 2.27. The number of rotatable bonds is 6. The summed E-state index contributed by atoms with van der Waals surface area (Å²) in [5.74, 6) is 0. The Kier molecular flexibility index (Phi) is 6.22. The van der Waals surface area contributed by atoms with Gasteiger partial charge in [0.2, 0.25) is 10.0 Å². The van der Waals surface area contributed by atoms with E-state index in [1.165, 1.54) is 6.07 Å². The molecule has 0 unspecified atom stereocenters. The Bertz CT molecular complexity index is 767. The van der Waals surface area contributed by atoms with Crippen molar-refractivity contribution < 1.29 is 13.3 Å². The van der Waals surface area contributed by atoms with Gasteiger partial charge in [-0.3, -0.25) is 0 Å². The summed E-state index contributed by atoms with van der Waals surface area (Å²) in [6.07, 6.45) is 0. The Morgan fingerprint density at radius 1 is 1.17 bits per heavy atom. The molecule has 0 radical (unpaired) electrons. The lowest BCUT2D eigenvalue weighted by Gasteiger charge is -2.22. The molecule has 2 aromatic carbocycles. The van der Waals surface area contributed by atoms with Crippen LogP contribution in [0, 0.1) is 0 Å². The summed E-state index contributed by atoms with van der Waals surface area (Å²) in [6, 6.07) is 14.6. The molecule has 0 aromatic heterocycles. The van der Waals surface area contributed by atoms with Gasteiger partial charge in [-0.2, -0.15) is 0 Å². The molecular formula is C16H19BrClN2O2S+. The van der Waals surface area contributed by atoms with Crippen molar-refractivity contribution in [3.63, 3.8) is 0 Å². The van der Waals surface area contributed by atoms with Gasteiger partial charge in [-0.1, -0.05) is 57.9 Å². The monoisotopic (exact) mass is 417 g/mol. The maximum absolute atomic E-state index is 12.5. The smallest absolute Gasteiger partial charge is 0.242 e. The Labute approximate surface area is 150 Å². The molecule has 0 aliphatic heterocycles. The number of nitrogens with one attached hydrogen (secondary N) is 2. The van der Waals surface area contributed by atoms with Gasteiger partial charge >= 0.3 is 0 Å².